The van der Waals surface area contributed by atoms with Gasteiger partial charge in [0.2, 0.25) is 0 Å². The number of pyridine rings is 1. The van der Waals surface area contributed by atoms with E-state index in [1.807, 2.05) is 36.5 Å². The molecule has 0 saturated heterocycles. The number of nitrogens with zero attached hydrogens (tertiary/aromatic N) is 1. The van der Waals surface area contributed by atoms with Gasteiger partial charge in [0.15, 0.2) is 0 Å². The van der Waals surface area contributed by atoms with E-state index in [2.05, 4.69) is 20.9 Å². The Balaban J connectivity index is 1.95. The van der Waals surface area contributed by atoms with E-state index in [1.54, 1.807) is 6.20 Å². The SMILES string of the molecule is N[C@H]1CC(c2cccnc2)Oc2ccc(Br)cc21. The number of nitrogens with two attached hydrogens (primary N) is 1. The minimum Gasteiger partial charge on any atom is -0.485 e. The molecule has 2 atom stereocenters. The number of hydrogen-bond donors (Lipinski definition) is 1. The molecular formula is C14H13BrN2O. The molecule has 3 nitrogen and oxygen atoms in total. The lowest BCUT2D eigenvalue weighted by Gasteiger charge is -2.30. The summed E-state index contributed by atoms with van der Waals surface area (Å²) < 4.78 is 7.03. The molecule has 0 radical (unpaired) electrons. The van der Waals surface area contributed by atoms with Crippen molar-refractivity contribution in [3.05, 3.63) is 58.3 Å². The van der Waals surface area contributed by atoms with E-state index in [1.165, 1.54) is 0 Å². The van der Waals surface area contributed by atoms with E-state index in [-0.39, 0.29) is 12.1 Å². The van der Waals surface area contributed by atoms with Crippen molar-refractivity contribution in [2.75, 3.05) is 0 Å². The molecular weight excluding hydrogens is 292 g/mol. The highest BCUT2D eigenvalue weighted by Crippen LogP contribution is 2.40. The van der Waals surface area contributed by atoms with Crippen LogP contribution in [0.4, 0.5) is 0 Å². The Kier molecular flexibility index (Phi) is 3.06. The molecule has 4 heteroatoms. The third-order valence-corrected chi connectivity index (χ3v) is 3.66. The first-order chi connectivity index (χ1) is 8.74. The van der Waals surface area contributed by atoms with Crippen LogP contribution in [-0.2, 0) is 0 Å². The van der Waals surface area contributed by atoms with Crippen LogP contribution >= 0.6 is 15.9 Å². The van der Waals surface area contributed by atoms with Crippen molar-refractivity contribution in [1.29, 1.82) is 0 Å². The summed E-state index contributed by atoms with van der Waals surface area (Å²) in [5.74, 6) is 0.866. The number of ether oxygens (including phenoxy) is 1. The highest BCUT2D eigenvalue weighted by molar-refractivity contribution is 9.10. The Labute approximate surface area is 114 Å². The molecule has 0 aliphatic carbocycles. The largest absolute Gasteiger partial charge is 0.485 e. The second-order valence-corrected chi connectivity index (χ2v) is 5.33. The molecule has 0 fully saturated rings. The highest BCUT2D eigenvalue weighted by atomic mass is 79.9. The molecule has 0 saturated carbocycles. The third-order valence-electron chi connectivity index (χ3n) is 3.16. The molecule has 2 aromatic rings. The third kappa shape index (κ3) is 2.13. The fraction of sp³-hybridized carbons (Fsp3) is 0.214. The predicted molar refractivity (Wildman–Crippen MR) is 73.3 cm³/mol. The van der Waals surface area contributed by atoms with Crippen molar-refractivity contribution < 1.29 is 4.74 Å². The summed E-state index contributed by atoms with van der Waals surface area (Å²) in [7, 11) is 0. The smallest absolute Gasteiger partial charge is 0.127 e. The van der Waals surface area contributed by atoms with E-state index in [9.17, 15) is 0 Å². The maximum absolute atomic E-state index is 6.22. The van der Waals surface area contributed by atoms with Gasteiger partial charge in [-0.3, -0.25) is 4.98 Å². The summed E-state index contributed by atoms with van der Waals surface area (Å²) in [5.41, 5.74) is 8.35. The quantitative estimate of drug-likeness (QED) is 0.879. The first kappa shape index (κ1) is 11.7. The van der Waals surface area contributed by atoms with Crippen molar-refractivity contribution in [2.45, 2.75) is 18.6 Å². The van der Waals surface area contributed by atoms with Crippen molar-refractivity contribution in [2.24, 2.45) is 5.73 Å². The predicted octanol–water partition coefficient (Wildman–Crippen LogP) is 3.37. The zero-order valence-corrected chi connectivity index (χ0v) is 11.3. The lowest BCUT2D eigenvalue weighted by molar-refractivity contribution is 0.161. The molecule has 0 amide bonds. The second-order valence-electron chi connectivity index (χ2n) is 4.42. The Morgan fingerprint density at radius 2 is 2.22 bits per heavy atom. The van der Waals surface area contributed by atoms with Gasteiger partial charge >= 0.3 is 0 Å². The van der Waals surface area contributed by atoms with Crippen molar-refractivity contribution >= 4 is 15.9 Å². The fourth-order valence-corrected chi connectivity index (χ4v) is 2.62. The Hall–Kier alpha value is -1.39. The summed E-state index contributed by atoms with van der Waals surface area (Å²) in [5, 5.41) is 0. The summed E-state index contributed by atoms with van der Waals surface area (Å²) in [6, 6.07) is 9.89. The summed E-state index contributed by atoms with van der Waals surface area (Å²) in [4.78, 5) is 4.13. The first-order valence-electron chi connectivity index (χ1n) is 5.85. The van der Waals surface area contributed by atoms with Crippen LogP contribution in [-0.4, -0.2) is 4.98 Å². The molecule has 1 aliphatic heterocycles. The minimum atomic E-state index is -0.0117. The van der Waals surface area contributed by atoms with Gasteiger partial charge in [-0.25, -0.2) is 0 Å². The first-order valence-corrected chi connectivity index (χ1v) is 6.65. The lowest BCUT2D eigenvalue weighted by Crippen LogP contribution is -2.24. The van der Waals surface area contributed by atoms with Gasteiger partial charge in [-0.2, -0.15) is 0 Å². The van der Waals surface area contributed by atoms with Crippen LogP contribution in [0.25, 0.3) is 0 Å². The van der Waals surface area contributed by atoms with Gasteiger partial charge in [0.1, 0.15) is 11.9 Å². The molecule has 1 aromatic carbocycles. The molecule has 3 rings (SSSR count). The standard InChI is InChI=1S/C14H13BrN2O/c15-10-3-4-13-11(6-10)12(16)7-14(18-13)9-2-1-5-17-8-9/h1-6,8,12,14H,7,16H2/t12-,14?/m0/s1. The summed E-state index contributed by atoms with van der Waals surface area (Å²) >= 11 is 3.46. The highest BCUT2D eigenvalue weighted by Gasteiger charge is 2.27. The van der Waals surface area contributed by atoms with Crippen LogP contribution in [0.5, 0.6) is 5.75 Å². The van der Waals surface area contributed by atoms with Gasteiger partial charge in [-0.15, -0.1) is 0 Å². The molecule has 0 bridgehead atoms. The molecule has 18 heavy (non-hydrogen) atoms. The Morgan fingerprint density at radius 3 is 3.00 bits per heavy atom. The number of halogens is 1. The van der Waals surface area contributed by atoms with Gasteiger partial charge in [0.25, 0.3) is 0 Å². The number of hydrogen-bond acceptors (Lipinski definition) is 3. The maximum atomic E-state index is 6.22. The van der Waals surface area contributed by atoms with Gasteiger partial charge in [0.05, 0.1) is 0 Å². The van der Waals surface area contributed by atoms with Gasteiger partial charge in [-0.05, 0) is 24.3 Å². The lowest BCUT2D eigenvalue weighted by atomic mass is 9.94. The fourth-order valence-electron chi connectivity index (χ4n) is 2.25. The van der Waals surface area contributed by atoms with Crippen LogP contribution in [0.3, 0.4) is 0 Å². The van der Waals surface area contributed by atoms with Crippen LogP contribution in [0, 0.1) is 0 Å². The minimum absolute atomic E-state index is 0.00328. The molecule has 92 valence electrons. The van der Waals surface area contributed by atoms with E-state index >= 15 is 0 Å². The monoisotopic (exact) mass is 304 g/mol. The van der Waals surface area contributed by atoms with Crippen LogP contribution in [0.1, 0.15) is 29.7 Å². The van der Waals surface area contributed by atoms with E-state index in [4.69, 9.17) is 10.5 Å². The number of benzene rings is 1. The number of fused-ring (bicyclic) bond motifs is 1. The van der Waals surface area contributed by atoms with Crippen LogP contribution in [0.15, 0.2) is 47.2 Å². The van der Waals surface area contributed by atoms with Gasteiger partial charge < -0.3 is 10.5 Å². The number of rotatable bonds is 1. The molecule has 1 unspecified atom stereocenters. The van der Waals surface area contributed by atoms with Crippen LogP contribution in [0.2, 0.25) is 0 Å². The Bertz CT molecular complexity index is 559. The van der Waals surface area contributed by atoms with E-state index in [0.717, 1.165) is 27.8 Å². The van der Waals surface area contributed by atoms with E-state index in [0.29, 0.717) is 0 Å². The maximum Gasteiger partial charge on any atom is 0.127 e. The van der Waals surface area contributed by atoms with Gasteiger partial charge in [-0.1, -0.05) is 22.0 Å². The average molecular weight is 305 g/mol. The second kappa shape index (κ2) is 4.71. The van der Waals surface area contributed by atoms with Crippen molar-refractivity contribution in [1.82, 2.24) is 4.98 Å². The average Bonchev–Trinajstić information content (AvgIpc) is 2.40. The Morgan fingerprint density at radius 1 is 1.33 bits per heavy atom. The van der Waals surface area contributed by atoms with Gasteiger partial charge in [0, 0.05) is 40.5 Å². The zero-order chi connectivity index (χ0) is 12.5. The van der Waals surface area contributed by atoms with E-state index < -0.39 is 0 Å². The van der Waals surface area contributed by atoms with Crippen molar-refractivity contribution in [3.63, 3.8) is 0 Å². The zero-order valence-electron chi connectivity index (χ0n) is 9.71. The summed E-state index contributed by atoms with van der Waals surface area (Å²) in [6.45, 7) is 0. The van der Waals surface area contributed by atoms with Crippen molar-refractivity contribution in [3.8, 4) is 5.75 Å². The molecule has 2 heterocycles. The summed E-state index contributed by atoms with van der Waals surface area (Å²) in [6.07, 6.45) is 4.36. The molecule has 1 aromatic heterocycles. The molecule has 1 aliphatic rings. The molecule has 2 N–H and O–H groups in total. The normalized spacial score (nSPS) is 22.1. The van der Waals surface area contributed by atoms with Crippen LogP contribution < -0.4 is 10.5 Å². The topological polar surface area (TPSA) is 48.1 Å². The molecule has 0 spiro atoms. The number of aromatic nitrogens is 1.